The molecular formula is C24H26N2O5. The van der Waals surface area contributed by atoms with Crippen molar-refractivity contribution in [3.63, 3.8) is 0 Å². The second-order valence-corrected chi connectivity index (χ2v) is 7.64. The largest absolute Gasteiger partial charge is 0.497 e. The molecule has 0 aliphatic carbocycles. The number of rotatable bonds is 7. The molecule has 2 aromatic carbocycles. The molecule has 0 bridgehead atoms. The van der Waals surface area contributed by atoms with Gasteiger partial charge in [-0.15, -0.1) is 6.58 Å². The van der Waals surface area contributed by atoms with Crippen LogP contribution >= 0.6 is 0 Å². The molecular weight excluding hydrogens is 396 g/mol. The summed E-state index contributed by atoms with van der Waals surface area (Å²) in [5, 5.41) is 1.81. The Morgan fingerprint density at radius 2 is 1.87 bits per heavy atom. The Kier molecular flexibility index (Phi) is 6.06. The molecule has 2 heterocycles. The van der Waals surface area contributed by atoms with Crippen molar-refractivity contribution in [2.45, 2.75) is 31.2 Å². The number of esters is 1. The van der Waals surface area contributed by atoms with E-state index in [9.17, 15) is 9.59 Å². The first-order valence-corrected chi connectivity index (χ1v) is 10.2. The molecule has 7 heteroatoms. The molecule has 4 rings (SSSR count). The van der Waals surface area contributed by atoms with Crippen LogP contribution in [0, 0.1) is 5.92 Å². The highest BCUT2D eigenvalue weighted by atomic mass is 16.7. The first-order chi connectivity index (χ1) is 15.1. The van der Waals surface area contributed by atoms with Crippen molar-refractivity contribution in [2.24, 2.45) is 5.92 Å². The monoisotopic (exact) mass is 422 g/mol. The highest BCUT2D eigenvalue weighted by molar-refractivity contribution is 6.04. The molecule has 0 unspecified atom stereocenters. The lowest BCUT2D eigenvalue weighted by molar-refractivity contribution is -0.194. The van der Waals surface area contributed by atoms with E-state index < -0.39 is 12.1 Å². The maximum absolute atomic E-state index is 12.9. The lowest BCUT2D eigenvalue weighted by atomic mass is 9.80. The zero-order chi connectivity index (χ0) is 22.0. The molecule has 2 fully saturated rings. The molecule has 162 valence electrons. The number of amides is 1. The summed E-state index contributed by atoms with van der Waals surface area (Å²) in [4.78, 5) is 32.9. The Balaban J connectivity index is 1.64. The van der Waals surface area contributed by atoms with E-state index in [1.807, 2.05) is 54.6 Å². The molecule has 0 radical (unpaired) electrons. The summed E-state index contributed by atoms with van der Waals surface area (Å²) in [5.41, 5.74) is 1.82. The summed E-state index contributed by atoms with van der Waals surface area (Å²) in [6, 6.07) is 16.8. The van der Waals surface area contributed by atoms with Gasteiger partial charge in [0, 0.05) is 18.7 Å². The van der Waals surface area contributed by atoms with E-state index in [4.69, 9.17) is 14.3 Å². The van der Waals surface area contributed by atoms with E-state index >= 15 is 0 Å². The number of hydrogen-bond acceptors (Lipinski definition) is 6. The van der Waals surface area contributed by atoms with Gasteiger partial charge in [0.25, 0.3) is 0 Å². The molecule has 2 aromatic rings. The second kappa shape index (κ2) is 8.91. The third-order valence-corrected chi connectivity index (χ3v) is 5.92. The van der Waals surface area contributed by atoms with Gasteiger partial charge in [0.2, 0.25) is 5.91 Å². The van der Waals surface area contributed by atoms with Crippen LogP contribution in [0.4, 0.5) is 5.69 Å². The first-order valence-electron chi connectivity index (χ1n) is 10.2. The van der Waals surface area contributed by atoms with Gasteiger partial charge in [0.05, 0.1) is 32.2 Å². The number of carbonyl (C=O) groups is 2. The van der Waals surface area contributed by atoms with Crippen LogP contribution in [0.2, 0.25) is 0 Å². The molecule has 7 nitrogen and oxygen atoms in total. The highest BCUT2D eigenvalue weighted by Gasteiger charge is 2.55. The van der Waals surface area contributed by atoms with Crippen molar-refractivity contribution in [3.8, 4) is 5.75 Å². The van der Waals surface area contributed by atoms with Crippen molar-refractivity contribution in [3.05, 3.63) is 72.8 Å². The van der Waals surface area contributed by atoms with Gasteiger partial charge in [0.1, 0.15) is 5.75 Å². The van der Waals surface area contributed by atoms with Crippen LogP contribution in [-0.2, 0) is 25.7 Å². The van der Waals surface area contributed by atoms with E-state index in [1.54, 1.807) is 23.1 Å². The van der Waals surface area contributed by atoms with E-state index in [0.29, 0.717) is 18.7 Å². The fourth-order valence-corrected chi connectivity index (χ4v) is 4.35. The molecule has 2 aliphatic heterocycles. The molecule has 1 amide bonds. The molecule has 0 saturated carbocycles. The van der Waals surface area contributed by atoms with Crippen molar-refractivity contribution in [2.75, 3.05) is 19.1 Å². The highest BCUT2D eigenvalue weighted by Crippen LogP contribution is 2.41. The molecule has 2 aliphatic rings. The van der Waals surface area contributed by atoms with Crippen LogP contribution in [0.25, 0.3) is 0 Å². The fraction of sp³-hybridized carbons (Fsp3) is 0.333. The van der Waals surface area contributed by atoms with Gasteiger partial charge in [-0.25, -0.2) is 4.79 Å². The maximum atomic E-state index is 12.9. The van der Waals surface area contributed by atoms with Crippen molar-refractivity contribution >= 4 is 17.6 Å². The minimum absolute atomic E-state index is 0.0219. The minimum atomic E-state index is -0.711. The van der Waals surface area contributed by atoms with Crippen LogP contribution in [0.15, 0.2) is 67.3 Å². The molecule has 0 spiro atoms. The first kappa shape index (κ1) is 21.1. The predicted octanol–water partition coefficient (Wildman–Crippen LogP) is 2.96. The molecule has 4 atom stereocenters. The summed E-state index contributed by atoms with van der Waals surface area (Å²) < 4.78 is 10.2. The van der Waals surface area contributed by atoms with Crippen molar-refractivity contribution in [1.82, 2.24) is 5.06 Å². The van der Waals surface area contributed by atoms with Crippen molar-refractivity contribution < 1.29 is 23.9 Å². The Hall–Kier alpha value is -3.16. The van der Waals surface area contributed by atoms with E-state index in [-0.39, 0.29) is 23.9 Å². The number of hydroxylamine groups is 2. The Morgan fingerprint density at radius 1 is 1.16 bits per heavy atom. The van der Waals surface area contributed by atoms with E-state index in [1.165, 1.54) is 7.11 Å². The predicted molar refractivity (Wildman–Crippen MR) is 115 cm³/mol. The number of ether oxygens (including phenoxy) is 2. The summed E-state index contributed by atoms with van der Waals surface area (Å²) in [6.07, 6.45) is 1.39. The van der Waals surface area contributed by atoms with Gasteiger partial charge in [-0.1, -0.05) is 36.4 Å². The van der Waals surface area contributed by atoms with Gasteiger partial charge in [0.15, 0.2) is 6.10 Å². The van der Waals surface area contributed by atoms with Crippen LogP contribution in [0.1, 0.15) is 12.0 Å². The third-order valence-electron chi connectivity index (χ3n) is 5.92. The van der Waals surface area contributed by atoms with Gasteiger partial charge in [-0.3, -0.25) is 9.63 Å². The number of methoxy groups -OCH3 is 2. The summed E-state index contributed by atoms with van der Waals surface area (Å²) in [5.74, 6) is -0.0803. The van der Waals surface area contributed by atoms with Gasteiger partial charge < -0.3 is 14.4 Å². The number of nitrogens with zero attached hydrogens (tertiary/aromatic N) is 2. The number of β-lactam (4-membered cyclic amide) rings is 1. The Bertz CT molecular complexity index is 946. The standard InChI is InChI=1S/C24H26N2O5/c1-4-19-22(26(23(19)27)17-10-12-18(29-2)13-11-17)20-14-21(24(28)30-3)31-25(20)15-16-8-6-5-7-9-16/h4-13,19-22H,1,14-15H2,2-3H3/t19-,20-,21+,22-/m0/s1. The number of benzene rings is 2. The van der Waals surface area contributed by atoms with Gasteiger partial charge >= 0.3 is 5.97 Å². The van der Waals surface area contributed by atoms with Crippen LogP contribution in [0.3, 0.4) is 0 Å². The van der Waals surface area contributed by atoms with Crippen molar-refractivity contribution in [1.29, 1.82) is 0 Å². The molecule has 0 aromatic heterocycles. The third kappa shape index (κ3) is 3.94. The van der Waals surface area contributed by atoms with Gasteiger partial charge in [-0.05, 0) is 29.8 Å². The number of hydrogen-bond donors (Lipinski definition) is 0. The summed E-state index contributed by atoms with van der Waals surface area (Å²) >= 11 is 0. The second-order valence-electron chi connectivity index (χ2n) is 7.64. The molecule has 0 N–H and O–H groups in total. The van der Waals surface area contributed by atoms with E-state index in [0.717, 1.165) is 11.3 Å². The fourth-order valence-electron chi connectivity index (χ4n) is 4.35. The zero-order valence-corrected chi connectivity index (χ0v) is 17.6. The quantitative estimate of drug-likeness (QED) is 0.388. The summed E-state index contributed by atoms with van der Waals surface area (Å²) in [6.45, 7) is 4.36. The Labute approximate surface area is 181 Å². The van der Waals surface area contributed by atoms with Crippen LogP contribution < -0.4 is 9.64 Å². The maximum Gasteiger partial charge on any atom is 0.337 e. The van der Waals surface area contributed by atoms with Crippen LogP contribution in [0.5, 0.6) is 5.75 Å². The zero-order valence-electron chi connectivity index (χ0n) is 17.6. The lowest BCUT2D eigenvalue weighted by Crippen LogP contribution is -2.67. The van der Waals surface area contributed by atoms with Crippen LogP contribution in [-0.4, -0.2) is 49.3 Å². The smallest absolute Gasteiger partial charge is 0.337 e. The Morgan fingerprint density at radius 3 is 2.48 bits per heavy atom. The number of carbonyl (C=O) groups excluding carboxylic acids is 2. The summed E-state index contributed by atoms with van der Waals surface area (Å²) in [7, 11) is 2.95. The topological polar surface area (TPSA) is 68.3 Å². The SMILES string of the molecule is C=C[C@@H]1C(=O)N(c2ccc(OC)cc2)[C@@H]1[C@@H]1C[C@H](C(=O)OC)ON1Cc1ccccc1. The average Bonchev–Trinajstić information content (AvgIpc) is 3.21. The normalized spacial score (nSPS) is 25.7. The molecule has 31 heavy (non-hydrogen) atoms. The minimum Gasteiger partial charge on any atom is -0.497 e. The average molecular weight is 422 g/mol. The van der Waals surface area contributed by atoms with E-state index in [2.05, 4.69) is 6.58 Å². The van der Waals surface area contributed by atoms with Gasteiger partial charge in [-0.2, -0.15) is 5.06 Å². The number of anilines is 1. The lowest BCUT2D eigenvalue weighted by Gasteiger charge is -2.50. The molecule has 2 saturated heterocycles.